The molecule has 1 fully saturated rings. The Morgan fingerprint density at radius 2 is 2.47 bits per heavy atom. The first kappa shape index (κ1) is 13.5. The van der Waals surface area contributed by atoms with Crippen molar-refractivity contribution < 1.29 is 19.0 Å². The van der Waals surface area contributed by atoms with Crippen LogP contribution < -0.4 is 0 Å². The highest BCUT2D eigenvalue weighted by atomic mass is 16.6. The van der Waals surface area contributed by atoms with E-state index in [4.69, 9.17) is 19.5 Å². The van der Waals surface area contributed by atoms with Crippen LogP contribution in [0.25, 0.3) is 0 Å². The van der Waals surface area contributed by atoms with Crippen LogP contribution in [0.3, 0.4) is 0 Å². The summed E-state index contributed by atoms with van der Waals surface area (Å²) < 4.78 is 15.9. The van der Waals surface area contributed by atoms with Gasteiger partial charge in [0.25, 0.3) is 0 Å². The number of Topliss-reactive ketones (excluding diaryl/α,β-unsaturated/α-hetero) is 1. The summed E-state index contributed by atoms with van der Waals surface area (Å²) in [7, 11) is 0. The molecule has 0 aromatic carbocycles. The zero-order valence-electron chi connectivity index (χ0n) is 10.2. The second kappa shape index (κ2) is 6.89. The standard InChI is InChI=1S/C12H13N3O4/c13-5-11(12(16)9-1-2-14-15-6-9)19-8-10-7-17-3-4-18-10/h1-2,6,10-11H,3-4,7-8H2/t10-,11?/m0/s1. The van der Waals surface area contributed by atoms with Gasteiger partial charge in [-0.1, -0.05) is 0 Å². The molecule has 2 heterocycles. The van der Waals surface area contributed by atoms with Crippen molar-refractivity contribution >= 4 is 5.78 Å². The Kier molecular flexibility index (Phi) is 4.92. The minimum Gasteiger partial charge on any atom is -0.376 e. The molecular weight excluding hydrogens is 250 g/mol. The van der Waals surface area contributed by atoms with Crippen LogP contribution in [0.2, 0.25) is 0 Å². The number of carbonyl (C=O) groups is 1. The van der Waals surface area contributed by atoms with Crippen molar-refractivity contribution in [3.63, 3.8) is 0 Å². The third-order valence-corrected chi connectivity index (χ3v) is 2.56. The number of ether oxygens (including phenoxy) is 3. The Balaban J connectivity index is 1.89. The summed E-state index contributed by atoms with van der Waals surface area (Å²) in [6.07, 6.45) is 1.28. The molecule has 1 aliphatic heterocycles. The van der Waals surface area contributed by atoms with Gasteiger partial charge in [-0.15, -0.1) is 0 Å². The minimum absolute atomic E-state index is 0.141. The van der Waals surface area contributed by atoms with Gasteiger partial charge in [-0.25, -0.2) is 0 Å². The second-order valence-electron chi connectivity index (χ2n) is 3.91. The predicted octanol–water partition coefficient (Wildman–Crippen LogP) is -0.0165. The van der Waals surface area contributed by atoms with Gasteiger partial charge < -0.3 is 14.2 Å². The van der Waals surface area contributed by atoms with E-state index in [0.717, 1.165) is 0 Å². The Hall–Kier alpha value is -1.88. The van der Waals surface area contributed by atoms with Crippen molar-refractivity contribution in [2.45, 2.75) is 12.2 Å². The van der Waals surface area contributed by atoms with Crippen LogP contribution in [-0.4, -0.2) is 54.6 Å². The van der Waals surface area contributed by atoms with E-state index in [-0.39, 0.29) is 12.7 Å². The number of rotatable bonds is 5. The van der Waals surface area contributed by atoms with E-state index in [1.807, 2.05) is 6.07 Å². The van der Waals surface area contributed by atoms with Crippen molar-refractivity contribution in [2.75, 3.05) is 26.4 Å². The fourth-order valence-electron chi connectivity index (χ4n) is 1.60. The average molecular weight is 263 g/mol. The number of aromatic nitrogens is 2. The van der Waals surface area contributed by atoms with Crippen LogP contribution in [0.15, 0.2) is 18.5 Å². The molecule has 0 spiro atoms. The molecule has 0 aliphatic carbocycles. The van der Waals surface area contributed by atoms with E-state index in [2.05, 4.69) is 10.2 Å². The summed E-state index contributed by atoms with van der Waals surface area (Å²) in [6, 6.07) is 3.31. The van der Waals surface area contributed by atoms with Crippen LogP contribution in [0, 0.1) is 11.3 Å². The summed E-state index contributed by atoms with van der Waals surface area (Å²) in [5.41, 5.74) is 0.294. The van der Waals surface area contributed by atoms with Crippen molar-refractivity contribution in [3.05, 3.63) is 24.0 Å². The smallest absolute Gasteiger partial charge is 0.207 e. The molecule has 0 saturated carbocycles. The van der Waals surface area contributed by atoms with E-state index in [9.17, 15) is 4.79 Å². The molecule has 1 saturated heterocycles. The number of ketones is 1. The number of nitriles is 1. The predicted molar refractivity (Wildman–Crippen MR) is 62.3 cm³/mol. The molecule has 1 aromatic heterocycles. The Morgan fingerprint density at radius 3 is 3.11 bits per heavy atom. The summed E-state index contributed by atoms with van der Waals surface area (Å²) in [4.78, 5) is 12.0. The third kappa shape index (κ3) is 3.79. The van der Waals surface area contributed by atoms with Crippen LogP contribution in [-0.2, 0) is 14.2 Å². The van der Waals surface area contributed by atoms with Gasteiger partial charge in [0, 0.05) is 5.56 Å². The van der Waals surface area contributed by atoms with E-state index >= 15 is 0 Å². The maximum Gasteiger partial charge on any atom is 0.207 e. The summed E-state index contributed by atoms with van der Waals surface area (Å²) in [5, 5.41) is 16.1. The summed E-state index contributed by atoms with van der Waals surface area (Å²) in [6.45, 7) is 1.60. The molecule has 7 heteroatoms. The molecule has 1 aromatic rings. The van der Waals surface area contributed by atoms with Gasteiger partial charge in [0.1, 0.15) is 12.2 Å². The fraction of sp³-hybridized carbons (Fsp3) is 0.500. The highest BCUT2D eigenvalue weighted by molar-refractivity contribution is 6.00. The lowest BCUT2D eigenvalue weighted by Crippen LogP contribution is -2.35. The third-order valence-electron chi connectivity index (χ3n) is 2.56. The number of nitrogens with zero attached hydrogens (tertiary/aromatic N) is 3. The Labute approximate surface area is 110 Å². The van der Waals surface area contributed by atoms with Crippen LogP contribution in [0.5, 0.6) is 0 Å². The number of carbonyl (C=O) groups excluding carboxylic acids is 1. The lowest BCUT2D eigenvalue weighted by atomic mass is 10.1. The normalized spacial score (nSPS) is 20.5. The summed E-state index contributed by atoms with van der Waals surface area (Å²) >= 11 is 0. The van der Waals surface area contributed by atoms with E-state index < -0.39 is 11.9 Å². The highest BCUT2D eigenvalue weighted by Gasteiger charge is 2.23. The van der Waals surface area contributed by atoms with Crippen LogP contribution in [0.1, 0.15) is 10.4 Å². The lowest BCUT2D eigenvalue weighted by molar-refractivity contribution is -0.117. The van der Waals surface area contributed by atoms with E-state index in [0.29, 0.717) is 25.4 Å². The molecular formula is C12H13N3O4. The molecule has 19 heavy (non-hydrogen) atoms. The summed E-state index contributed by atoms with van der Waals surface area (Å²) in [5.74, 6) is -0.436. The molecule has 0 radical (unpaired) electrons. The molecule has 0 amide bonds. The first-order valence-electron chi connectivity index (χ1n) is 5.82. The van der Waals surface area contributed by atoms with Gasteiger partial charge in [0.05, 0.1) is 38.8 Å². The maximum absolute atomic E-state index is 12.0. The van der Waals surface area contributed by atoms with Gasteiger partial charge in [-0.05, 0) is 6.07 Å². The van der Waals surface area contributed by atoms with Crippen molar-refractivity contribution in [3.8, 4) is 6.07 Å². The fourth-order valence-corrected chi connectivity index (χ4v) is 1.60. The second-order valence-corrected chi connectivity index (χ2v) is 3.91. The number of hydrogen-bond donors (Lipinski definition) is 0. The molecule has 0 N–H and O–H groups in total. The van der Waals surface area contributed by atoms with Crippen molar-refractivity contribution in [2.24, 2.45) is 0 Å². The molecule has 7 nitrogen and oxygen atoms in total. The number of hydrogen-bond acceptors (Lipinski definition) is 7. The van der Waals surface area contributed by atoms with Crippen molar-refractivity contribution in [1.29, 1.82) is 5.26 Å². The topological polar surface area (TPSA) is 94.3 Å². The first-order valence-corrected chi connectivity index (χ1v) is 5.82. The molecule has 1 aliphatic rings. The Bertz CT molecular complexity index is 454. The quantitative estimate of drug-likeness (QED) is 0.689. The molecule has 2 rings (SSSR count). The van der Waals surface area contributed by atoms with Gasteiger partial charge >= 0.3 is 0 Å². The molecule has 1 unspecified atom stereocenters. The zero-order chi connectivity index (χ0) is 13.5. The molecule has 100 valence electrons. The minimum atomic E-state index is -1.17. The lowest BCUT2D eigenvalue weighted by Gasteiger charge is -2.23. The van der Waals surface area contributed by atoms with Gasteiger partial charge in [-0.2, -0.15) is 15.5 Å². The maximum atomic E-state index is 12.0. The van der Waals surface area contributed by atoms with Gasteiger partial charge in [0.2, 0.25) is 11.9 Å². The van der Waals surface area contributed by atoms with E-state index in [1.165, 1.54) is 18.5 Å². The zero-order valence-corrected chi connectivity index (χ0v) is 10.2. The molecule has 0 bridgehead atoms. The largest absolute Gasteiger partial charge is 0.376 e. The monoisotopic (exact) mass is 263 g/mol. The van der Waals surface area contributed by atoms with Crippen molar-refractivity contribution in [1.82, 2.24) is 10.2 Å². The van der Waals surface area contributed by atoms with Crippen LogP contribution in [0.4, 0.5) is 0 Å². The van der Waals surface area contributed by atoms with E-state index in [1.54, 1.807) is 0 Å². The Morgan fingerprint density at radius 1 is 1.58 bits per heavy atom. The molecule has 2 atom stereocenters. The van der Waals surface area contributed by atoms with Gasteiger partial charge in [-0.3, -0.25) is 4.79 Å². The first-order chi connectivity index (χ1) is 9.31. The average Bonchev–Trinajstić information content (AvgIpc) is 2.49. The SMILES string of the molecule is N#CC(OC[C@@H]1COCCO1)C(=O)c1ccnnc1. The van der Waals surface area contributed by atoms with Crippen LogP contribution >= 0.6 is 0 Å². The van der Waals surface area contributed by atoms with Gasteiger partial charge in [0.15, 0.2) is 0 Å². The highest BCUT2D eigenvalue weighted by Crippen LogP contribution is 2.07.